The smallest absolute Gasteiger partial charge is 0.310 e. The van der Waals surface area contributed by atoms with Gasteiger partial charge in [0.15, 0.2) is 0 Å². The molecule has 34 heavy (non-hydrogen) atoms. The van der Waals surface area contributed by atoms with E-state index in [9.17, 15) is 4.79 Å². The Labute approximate surface area is 215 Å². The maximum absolute atomic E-state index is 11.8. The van der Waals surface area contributed by atoms with Crippen molar-refractivity contribution in [2.45, 2.75) is 187 Å². The Bertz CT molecular complexity index is 415. The molecule has 0 saturated heterocycles. The second-order valence-electron chi connectivity index (χ2n) is 10.5. The largest absolute Gasteiger partial charge is 0.435 e. The van der Waals surface area contributed by atoms with Crippen LogP contribution in [0.25, 0.3) is 0 Å². The van der Waals surface area contributed by atoms with Crippen molar-refractivity contribution >= 4 is 5.97 Å². The van der Waals surface area contributed by atoms with Crippen molar-refractivity contribution in [2.24, 2.45) is 0 Å². The Balaban J connectivity index is 3.21. The van der Waals surface area contributed by atoms with Crippen LogP contribution < -0.4 is 0 Å². The summed E-state index contributed by atoms with van der Waals surface area (Å²) in [4.78, 5) is 11.8. The Hall–Kier alpha value is -0.790. The van der Waals surface area contributed by atoms with Gasteiger partial charge in [-0.25, -0.2) is 0 Å². The van der Waals surface area contributed by atoms with Crippen molar-refractivity contribution in [3.05, 3.63) is 12.3 Å². The fourth-order valence-corrected chi connectivity index (χ4v) is 4.64. The fraction of sp³-hybridized carbons (Fsp3) is 0.906. The molecule has 0 aromatic heterocycles. The molecule has 0 heterocycles. The van der Waals surface area contributed by atoms with E-state index < -0.39 is 0 Å². The topological polar surface area (TPSA) is 26.3 Å². The van der Waals surface area contributed by atoms with E-state index in [4.69, 9.17) is 4.74 Å². The lowest BCUT2D eigenvalue weighted by molar-refractivity contribution is -0.138. The van der Waals surface area contributed by atoms with Crippen molar-refractivity contribution in [3.63, 3.8) is 0 Å². The third kappa shape index (κ3) is 29.2. The highest BCUT2D eigenvalue weighted by molar-refractivity contribution is 5.69. The second kappa shape index (κ2) is 30.2. The third-order valence-corrected chi connectivity index (χ3v) is 7.00. The van der Waals surface area contributed by atoms with Crippen molar-refractivity contribution in [2.75, 3.05) is 0 Å². The molecular weight excluding hydrogens is 416 g/mol. The van der Waals surface area contributed by atoms with Crippen LogP contribution in [0.3, 0.4) is 0 Å². The highest BCUT2D eigenvalue weighted by Crippen LogP contribution is 2.14. The van der Waals surface area contributed by atoms with Gasteiger partial charge in [-0.15, -0.1) is 0 Å². The van der Waals surface area contributed by atoms with Gasteiger partial charge in [0.05, 0.1) is 6.26 Å². The van der Waals surface area contributed by atoms with Gasteiger partial charge in [0.2, 0.25) is 0 Å². The summed E-state index contributed by atoms with van der Waals surface area (Å²) in [5, 5.41) is 0. The first-order valence-corrected chi connectivity index (χ1v) is 15.7. The van der Waals surface area contributed by atoms with E-state index in [-0.39, 0.29) is 5.97 Å². The zero-order chi connectivity index (χ0) is 24.8. The van der Waals surface area contributed by atoms with E-state index in [1.54, 1.807) is 6.26 Å². The molecule has 2 nitrogen and oxygen atoms in total. The minimum absolute atomic E-state index is 0.0619. The molecule has 202 valence electrons. The van der Waals surface area contributed by atoms with Crippen LogP contribution in [0, 0.1) is 0 Å². The first-order valence-electron chi connectivity index (χ1n) is 15.7. The number of unbranched alkanes of at least 4 members (excludes halogenated alkanes) is 24. The molecule has 0 aromatic carbocycles. The average molecular weight is 479 g/mol. The summed E-state index contributed by atoms with van der Waals surface area (Å²) < 4.78 is 5.23. The molecule has 0 N–H and O–H groups in total. The van der Waals surface area contributed by atoms with Crippen molar-refractivity contribution in [1.82, 2.24) is 0 Å². The zero-order valence-corrected chi connectivity index (χ0v) is 23.6. The van der Waals surface area contributed by atoms with Gasteiger partial charge < -0.3 is 4.74 Å². The van der Waals surface area contributed by atoms with Crippen LogP contribution in [0.15, 0.2) is 12.3 Å². The molecule has 0 unspecified atom stereocenters. The molecule has 0 aliphatic heterocycles. The number of hydrogen-bond acceptors (Lipinski definition) is 2. The fourth-order valence-electron chi connectivity index (χ4n) is 4.64. The maximum atomic E-state index is 11.8. The molecule has 0 aromatic rings. The van der Waals surface area contributed by atoms with E-state index in [1.807, 2.05) is 6.08 Å². The van der Waals surface area contributed by atoms with Crippen LogP contribution in [-0.4, -0.2) is 5.97 Å². The summed E-state index contributed by atoms with van der Waals surface area (Å²) in [6.45, 7) is 4.56. The number of allylic oxidation sites excluding steroid dienone is 1. The summed E-state index contributed by atoms with van der Waals surface area (Å²) in [7, 11) is 0. The van der Waals surface area contributed by atoms with Gasteiger partial charge in [-0.1, -0.05) is 162 Å². The summed E-state index contributed by atoms with van der Waals surface area (Å²) in [5.41, 5.74) is 0. The van der Waals surface area contributed by atoms with Gasteiger partial charge in [-0.05, 0) is 25.3 Å². The van der Waals surface area contributed by atoms with Crippen LogP contribution in [0.1, 0.15) is 187 Å². The molecule has 0 saturated carbocycles. The maximum Gasteiger partial charge on any atom is 0.310 e. The predicted molar refractivity (Wildman–Crippen MR) is 151 cm³/mol. The molecular formula is C32H62O2. The van der Waals surface area contributed by atoms with Gasteiger partial charge in [-0.2, -0.15) is 0 Å². The molecule has 0 bridgehead atoms. The third-order valence-electron chi connectivity index (χ3n) is 7.00. The summed E-state index contributed by atoms with van der Waals surface area (Å²) in [6.07, 6.45) is 39.1. The molecule has 2 heteroatoms. The number of esters is 1. The standard InChI is InChI=1S/C32H62O2/c1-3-5-7-9-11-13-15-16-17-18-19-21-23-25-27-29-31-34-32(33)30-28-26-24-22-20-14-12-10-8-6-4-2/h29,31H,3-28,30H2,1-2H3. The lowest BCUT2D eigenvalue weighted by Crippen LogP contribution is -1.98. The van der Waals surface area contributed by atoms with Crippen LogP contribution in [0.2, 0.25) is 0 Å². The minimum Gasteiger partial charge on any atom is -0.435 e. The van der Waals surface area contributed by atoms with Crippen molar-refractivity contribution in [3.8, 4) is 0 Å². The van der Waals surface area contributed by atoms with Crippen LogP contribution in [0.5, 0.6) is 0 Å². The van der Waals surface area contributed by atoms with Gasteiger partial charge in [-0.3, -0.25) is 4.79 Å². The molecule has 0 fully saturated rings. The highest BCUT2D eigenvalue weighted by atomic mass is 16.5. The molecule has 0 spiro atoms. The lowest BCUT2D eigenvalue weighted by Gasteiger charge is -2.03. The van der Waals surface area contributed by atoms with E-state index in [0.29, 0.717) is 6.42 Å². The first kappa shape index (κ1) is 33.2. The number of carbonyl (C=O) groups excluding carboxylic acids is 1. The molecule has 0 aliphatic carbocycles. The Morgan fingerprint density at radius 1 is 0.471 bits per heavy atom. The SMILES string of the molecule is CCCCCCCCCCCCCCCCC=COC(=O)CCCCCCCCCCCCC. The summed E-state index contributed by atoms with van der Waals surface area (Å²) >= 11 is 0. The molecule has 0 rings (SSSR count). The first-order chi connectivity index (χ1) is 16.8. The Morgan fingerprint density at radius 2 is 0.794 bits per heavy atom. The quantitative estimate of drug-likeness (QED) is 0.0634. The van der Waals surface area contributed by atoms with Gasteiger partial charge in [0, 0.05) is 6.42 Å². The number of carbonyl (C=O) groups is 1. The van der Waals surface area contributed by atoms with Crippen molar-refractivity contribution in [1.29, 1.82) is 0 Å². The predicted octanol–water partition coefficient (Wildman–Crippen LogP) is 11.6. The minimum atomic E-state index is -0.0619. The lowest BCUT2D eigenvalue weighted by atomic mass is 10.0. The molecule has 0 atom stereocenters. The average Bonchev–Trinajstić information content (AvgIpc) is 2.84. The molecule has 0 amide bonds. The Kier molecular flexibility index (Phi) is 29.5. The molecule has 0 aliphatic rings. The van der Waals surface area contributed by atoms with E-state index in [2.05, 4.69) is 13.8 Å². The highest BCUT2D eigenvalue weighted by Gasteiger charge is 2.00. The van der Waals surface area contributed by atoms with Gasteiger partial charge in [0.1, 0.15) is 0 Å². The number of rotatable bonds is 28. The normalized spacial score (nSPS) is 11.5. The molecule has 0 radical (unpaired) electrons. The van der Waals surface area contributed by atoms with Crippen molar-refractivity contribution < 1.29 is 9.53 Å². The summed E-state index contributed by atoms with van der Waals surface area (Å²) in [6, 6.07) is 0. The van der Waals surface area contributed by atoms with Crippen LogP contribution >= 0.6 is 0 Å². The van der Waals surface area contributed by atoms with Crippen LogP contribution in [0.4, 0.5) is 0 Å². The Morgan fingerprint density at radius 3 is 1.18 bits per heavy atom. The zero-order valence-electron chi connectivity index (χ0n) is 23.6. The monoisotopic (exact) mass is 478 g/mol. The number of hydrogen-bond donors (Lipinski definition) is 0. The number of ether oxygens (including phenoxy) is 1. The van der Waals surface area contributed by atoms with E-state index in [1.165, 1.54) is 148 Å². The second-order valence-corrected chi connectivity index (χ2v) is 10.5. The van der Waals surface area contributed by atoms with Crippen LogP contribution in [-0.2, 0) is 9.53 Å². The van der Waals surface area contributed by atoms with Gasteiger partial charge in [0.25, 0.3) is 0 Å². The van der Waals surface area contributed by atoms with E-state index in [0.717, 1.165) is 19.3 Å². The van der Waals surface area contributed by atoms with Gasteiger partial charge >= 0.3 is 5.97 Å². The van der Waals surface area contributed by atoms with E-state index >= 15 is 0 Å². The summed E-state index contributed by atoms with van der Waals surface area (Å²) in [5.74, 6) is -0.0619.